The highest BCUT2D eigenvalue weighted by atomic mass is 19.1. The second-order valence-electron chi connectivity index (χ2n) is 6.99. The van der Waals surface area contributed by atoms with Crippen LogP contribution in [-0.2, 0) is 4.79 Å². The number of carbonyl (C=O) groups excluding carboxylic acids is 1. The highest BCUT2D eigenvalue weighted by molar-refractivity contribution is 5.79. The van der Waals surface area contributed by atoms with Crippen molar-refractivity contribution in [2.75, 3.05) is 0 Å². The van der Waals surface area contributed by atoms with E-state index in [1.54, 1.807) is 12.1 Å². The summed E-state index contributed by atoms with van der Waals surface area (Å²) in [6, 6.07) is 5.77. The lowest BCUT2D eigenvalue weighted by molar-refractivity contribution is -0.127. The van der Waals surface area contributed by atoms with Crippen LogP contribution in [0.3, 0.4) is 0 Å². The standard InChI is InChI=1S/C18H24FNO2/c1-11(8-17(21)13-4-6-15(19)7-5-13)20-18(22)16-10-12-2-3-14(16)9-12/h4-7,11-12,14,16-17,21H,2-3,8-10H2,1H3,(H,20,22). The van der Waals surface area contributed by atoms with Gasteiger partial charge < -0.3 is 10.4 Å². The molecular weight excluding hydrogens is 281 g/mol. The number of fused-ring (bicyclic) bond motifs is 2. The van der Waals surface area contributed by atoms with Crippen LogP contribution in [0.25, 0.3) is 0 Å². The van der Waals surface area contributed by atoms with E-state index in [4.69, 9.17) is 0 Å². The molecule has 3 rings (SSSR count). The van der Waals surface area contributed by atoms with Gasteiger partial charge in [0.1, 0.15) is 5.82 Å². The van der Waals surface area contributed by atoms with E-state index in [1.807, 2.05) is 6.92 Å². The Morgan fingerprint density at radius 1 is 1.32 bits per heavy atom. The van der Waals surface area contributed by atoms with E-state index in [0.29, 0.717) is 17.9 Å². The van der Waals surface area contributed by atoms with Crippen molar-refractivity contribution in [1.82, 2.24) is 5.32 Å². The van der Waals surface area contributed by atoms with Gasteiger partial charge in [-0.1, -0.05) is 18.6 Å². The second-order valence-corrected chi connectivity index (χ2v) is 6.99. The number of hydrogen-bond donors (Lipinski definition) is 2. The van der Waals surface area contributed by atoms with E-state index in [9.17, 15) is 14.3 Å². The van der Waals surface area contributed by atoms with E-state index in [0.717, 1.165) is 12.3 Å². The summed E-state index contributed by atoms with van der Waals surface area (Å²) in [5, 5.41) is 13.2. The Hall–Kier alpha value is -1.42. The molecule has 2 bridgehead atoms. The molecule has 1 aromatic carbocycles. The minimum Gasteiger partial charge on any atom is -0.388 e. The quantitative estimate of drug-likeness (QED) is 0.877. The normalized spacial score (nSPS) is 29.3. The first-order valence-corrected chi connectivity index (χ1v) is 8.27. The molecule has 120 valence electrons. The van der Waals surface area contributed by atoms with Crippen molar-refractivity contribution >= 4 is 5.91 Å². The van der Waals surface area contributed by atoms with Crippen LogP contribution in [0.15, 0.2) is 24.3 Å². The van der Waals surface area contributed by atoms with Crippen molar-refractivity contribution in [3.8, 4) is 0 Å². The monoisotopic (exact) mass is 305 g/mol. The Kier molecular flexibility index (Phi) is 4.48. The second kappa shape index (κ2) is 6.37. The number of hydrogen-bond acceptors (Lipinski definition) is 2. The number of amides is 1. The Balaban J connectivity index is 1.50. The van der Waals surface area contributed by atoms with Gasteiger partial charge in [0.05, 0.1) is 6.10 Å². The van der Waals surface area contributed by atoms with Gasteiger partial charge >= 0.3 is 0 Å². The molecule has 2 fully saturated rings. The summed E-state index contributed by atoms with van der Waals surface area (Å²) in [5.41, 5.74) is 0.683. The van der Waals surface area contributed by atoms with Crippen LogP contribution < -0.4 is 5.32 Å². The van der Waals surface area contributed by atoms with Crippen LogP contribution >= 0.6 is 0 Å². The minimum absolute atomic E-state index is 0.0910. The molecule has 4 heteroatoms. The molecule has 2 saturated carbocycles. The summed E-state index contributed by atoms with van der Waals surface area (Å²) in [7, 11) is 0. The van der Waals surface area contributed by atoms with E-state index < -0.39 is 6.10 Å². The maximum atomic E-state index is 12.9. The van der Waals surface area contributed by atoms with Gasteiger partial charge in [-0.3, -0.25) is 4.79 Å². The van der Waals surface area contributed by atoms with Crippen LogP contribution in [0.1, 0.15) is 50.7 Å². The topological polar surface area (TPSA) is 49.3 Å². The number of aliphatic hydroxyl groups is 1. The van der Waals surface area contributed by atoms with Gasteiger partial charge in [-0.15, -0.1) is 0 Å². The first-order valence-electron chi connectivity index (χ1n) is 8.27. The number of aliphatic hydroxyl groups excluding tert-OH is 1. The van der Waals surface area contributed by atoms with Crippen molar-refractivity contribution < 1.29 is 14.3 Å². The van der Waals surface area contributed by atoms with Gasteiger partial charge in [0.25, 0.3) is 0 Å². The van der Waals surface area contributed by atoms with Gasteiger partial charge in [0.15, 0.2) is 0 Å². The summed E-state index contributed by atoms with van der Waals surface area (Å²) in [6.07, 6.45) is 4.48. The molecule has 2 N–H and O–H groups in total. The lowest BCUT2D eigenvalue weighted by atomic mass is 9.88. The Bertz CT molecular complexity index is 530. The predicted molar refractivity (Wildman–Crippen MR) is 82.5 cm³/mol. The zero-order valence-corrected chi connectivity index (χ0v) is 13.0. The lowest BCUT2D eigenvalue weighted by Gasteiger charge is -2.24. The molecule has 5 unspecified atom stereocenters. The minimum atomic E-state index is -0.684. The molecule has 0 aliphatic heterocycles. The van der Waals surface area contributed by atoms with Crippen molar-refractivity contribution in [3.05, 3.63) is 35.6 Å². The molecule has 0 aromatic heterocycles. The van der Waals surface area contributed by atoms with E-state index in [1.165, 1.54) is 31.4 Å². The number of rotatable bonds is 5. The average Bonchev–Trinajstić information content (AvgIpc) is 3.10. The van der Waals surface area contributed by atoms with Crippen molar-refractivity contribution in [2.45, 2.75) is 51.2 Å². The largest absolute Gasteiger partial charge is 0.388 e. The zero-order valence-electron chi connectivity index (χ0n) is 13.0. The SMILES string of the molecule is CC(CC(O)c1ccc(F)cc1)NC(=O)C1CC2CCC1C2. The molecule has 2 aliphatic carbocycles. The molecule has 0 radical (unpaired) electrons. The van der Waals surface area contributed by atoms with E-state index >= 15 is 0 Å². The summed E-state index contributed by atoms with van der Waals surface area (Å²) in [5.74, 6) is 1.32. The molecule has 2 aliphatic rings. The van der Waals surface area contributed by atoms with Gasteiger partial charge in [0, 0.05) is 12.0 Å². The number of benzene rings is 1. The Morgan fingerprint density at radius 2 is 2.05 bits per heavy atom. The highest BCUT2D eigenvalue weighted by Gasteiger charge is 2.43. The molecule has 0 spiro atoms. The third-order valence-electron chi connectivity index (χ3n) is 5.30. The Morgan fingerprint density at radius 3 is 2.64 bits per heavy atom. The number of halogens is 1. The van der Waals surface area contributed by atoms with Crippen molar-refractivity contribution in [3.63, 3.8) is 0 Å². The number of nitrogens with one attached hydrogen (secondary N) is 1. The van der Waals surface area contributed by atoms with Crippen LogP contribution in [0.4, 0.5) is 4.39 Å². The first kappa shape index (κ1) is 15.5. The molecule has 0 heterocycles. The van der Waals surface area contributed by atoms with Crippen LogP contribution in [-0.4, -0.2) is 17.1 Å². The van der Waals surface area contributed by atoms with Crippen LogP contribution in [0.2, 0.25) is 0 Å². The Labute approximate surface area is 130 Å². The third kappa shape index (κ3) is 3.32. The maximum Gasteiger partial charge on any atom is 0.223 e. The molecule has 5 atom stereocenters. The number of carbonyl (C=O) groups is 1. The molecule has 22 heavy (non-hydrogen) atoms. The molecule has 3 nitrogen and oxygen atoms in total. The van der Waals surface area contributed by atoms with Crippen LogP contribution in [0, 0.1) is 23.6 Å². The van der Waals surface area contributed by atoms with Gasteiger partial charge in [-0.2, -0.15) is 0 Å². The van der Waals surface area contributed by atoms with Gasteiger partial charge in [-0.05, 0) is 62.1 Å². The molecule has 1 aromatic rings. The molecule has 0 saturated heterocycles. The molecule has 1 amide bonds. The van der Waals surface area contributed by atoms with Gasteiger partial charge in [0.2, 0.25) is 5.91 Å². The fraction of sp³-hybridized carbons (Fsp3) is 0.611. The third-order valence-corrected chi connectivity index (χ3v) is 5.30. The average molecular weight is 305 g/mol. The van der Waals surface area contributed by atoms with Crippen molar-refractivity contribution in [1.29, 1.82) is 0 Å². The summed E-state index contributed by atoms with van der Waals surface area (Å²) < 4.78 is 12.9. The lowest BCUT2D eigenvalue weighted by Crippen LogP contribution is -2.39. The summed E-state index contributed by atoms with van der Waals surface area (Å²) in [6.45, 7) is 1.91. The smallest absolute Gasteiger partial charge is 0.223 e. The van der Waals surface area contributed by atoms with Crippen LogP contribution in [0.5, 0.6) is 0 Å². The zero-order chi connectivity index (χ0) is 15.7. The van der Waals surface area contributed by atoms with Gasteiger partial charge in [-0.25, -0.2) is 4.39 Å². The summed E-state index contributed by atoms with van der Waals surface area (Å²) in [4.78, 5) is 12.4. The maximum absolute atomic E-state index is 12.9. The van der Waals surface area contributed by atoms with E-state index in [2.05, 4.69) is 5.32 Å². The molecular formula is C18H24FNO2. The first-order chi connectivity index (χ1) is 10.5. The fourth-order valence-corrected chi connectivity index (χ4v) is 4.13. The summed E-state index contributed by atoms with van der Waals surface area (Å²) >= 11 is 0. The fourth-order valence-electron chi connectivity index (χ4n) is 4.13. The predicted octanol–water partition coefficient (Wildman–Crippen LogP) is 3.19. The van der Waals surface area contributed by atoms with E-state index in [-0.39, 0.29) is 23.7 Å². The highest BCUT2D eigenvalue weighted by Crippen LogP contribution is 2.48. The van der Waals surface area contributed by atoms with Crippen molar-refractivity contribution in [2.24, 2.45) is 17.8 Å².